The normalized spacial score (nSPS) is 14.6. The van der Waals surface area contributed by atoms with Crippen LogP contribution in [-0.2, 0) is 0 Å². The molecule has 0 atom stereocenters. The van der Waals surface area contributed by atoms with Crippen LogP contribution >= 0.6 is 11.6 Å². The van der Waals surface area contributed by atoms with Crippen molar-refractivity contribution in [2.24, 2.45) is 0 Å². The van der Waals surface area contributed by atoms with Gasteiger partial charge in [-0.15, -0.1) is 6.58 Å². The van der Waals surface area contributed by atoms with E-state index >= 15 is 0 Å². The molecule has 1 saturated heterocycles. The standard InChI is InChI=1S/C12H15ClN4O/c1-2-5-14-11(18)10-9(13)8-15-12(16-10)17-6-3-4-7-17/h2,8H,1,3-7H2,(H,14,18). The third-order valence-electron chi connectivity index (χ3n) is 2.74. The maximum atomic E-state index is 11.8. The number of aromatic nitrogens is 2. The zero-order valence-corrected chi connectivity index (χ0v) is 10.8. The van der Waals surface area contributed by atoms with Gasteiger partial charge in [0.05, 0.1) is 11.2 Å². The van der Waals surface area contributed by atoms with Crippen molar-refractivity contribution in [3.05, 3.63) is 29.6 Å². The molecule has 1 aromatic heterocycles. The zero-order chi connectivity index (χ0) is 13.0. The highest BCUT2D eigenvalue weighted by molar-refractivity contribution is 6.33. The quantitative estimate of drug-likeness (QED) is 0.842. The van der Waals surface area contributed by atoms with E-state index in [1.165, 1.54) is 6.20 Å². The summed E-state index contributed by atoms with van der Waals surface area (Å²) >= 11 is 5.95. The molecule has 1 amide bonds. The van der Waals surface area contributed by atoms with Crippen LogP contribution in [0, 0.1) is 0 Å². The van der Waals surface area contributed by atoms with Crippen LogP contribution in [0.15, 0.2) is 18.9 Å². The predicted molar refractivity (Wildman–Crippen MR) is 71.0 cm³/mol. The van der Waals surface area contributed by atoms with Gasteiger partial charge in [-0.05, 0) is 12.8 Å². The number of hydrogen-bond donors (Lipinski definition) is 1. The smallest absolute Gasteiger partial charge is 0.271 e. The molecule has 1 N–H and O–H groups in total. The molecule has 0 bridgehead atoms. The number of nitrogens with zero attached hydrogens (tertiary/aromatic N) is 3. The molecule has 96 valence electrons. The highest BCUT2D eigenvalue weighted by Crippen LogP contribution is 2.19. The van der Waals surface area contributed by atoms with Crippen LogP contribution in [-0.4, -0.2) is 35.5 Å². The van der Waals surface area contributed by atoms with E-state index in [0.717, 1.165) is 25.9 Å². The van der Waals surface area contributed by atoms with Crippen molar-refractivity contribution in [3.63, 3.8) is 0 Å². The Morgan fingerprint density at radius 1 is 1.56 bits per heavy atom. The van der Waals surface area contributed by atoms with Crippen LogP contribution in [0.25, 0.3) is 0 Å². The Morgan fingerprint density at radius 3 is 2.94 bits per heavy atom. The summed E-state index contributed by atoms with van der Waals surface area (Å²) in [4.78, 5) is 22.3. The van der Waals surface area contributed by atoms with E-state index in [2.05, 4.69) is 26.8 Å². The first-order chi connectivity index (χ1) is 8.72. The van der Waals surface area contributed by atoms with E-state index in [0.29, 0.717) is 12.5 Å². The van der Waals surface area contributed by atoms with Crippen molar-refractivity contribution in [2.75, 3.05) is 24.5 Å². The van der Waals surface area contributed by atoms with Crippen LogP contribution in [0.4, 0.5) is 5.95 Å². The lowest BCUT2D eigenvalue weighted by atomic mass is 10.3. The maximum Gasteiger partial charge on any atom is 0.271 e. The van der Waals surface area contributed by atoms with Crippen molar-refractivity contribution in [2.45, 2.75) is 12.8 Å². The molecular formula is C12H15ClN4O. The summed E-state index contributed by atoms with van der Waals surface area (Å²) in [6.45, 7) is 5.78. The average Bonchev–Trinajstić information content (AvgIpc) is 2.90. The minimum Gasteiger partial charge on any atom is -0.347 e. The van der Waals surface area contributed by atoms with Crippen molar-refractivity contribution in [3.8, 4) is 0 Å². The van der Waals surface area contributed by atoms with E-state index in [1.807, 2.05) is 0 Å². The largest absolute Gasteiger partial charge is 0.347 e. The van der Waals surface area contributed by atoms with Gasteiger partial charge in [0.15, 0.2) is 5.69 Å². The first-order valence-electron chi connectivity index (χ1n) is 5.89. The van der Waals surface area contributed by atoms with Crippen molar-refractivity contribution < 1.29 is 4.79 Å². The van der Waals surface area contributed by atoms with Gasteiger partial charge in [-0.3, -0.25) is 4.79 Å². The molecule has 6 heteroatoms. The molecule has 0 aromatic carbocycles. The summed E-state index contributed by atoms with van der Waals surface area (Å²) in [6, 6.07) is 0. The highest BCUT2D eigenvalue weighted by atomic mass is 35.5. The molecule has 0 spiro atoms. The molecule has 1 aliphatic rings. The van der Waals surface area contributed by atoms with Crippen LogP contribution in [0.5, 0.6) is 0 Å². The number of hydrogen-bond acceptors (Lipinski definition) is 4. The maximum absolute atomic E-state index is 11.8. The van der Waals surface area contributed by atoms with Gasteiger partial charge < -0.3 is 10.2 Å². The van der Waals surface area contributed by atoms with Gasteiger partial charge >= 0.3 is 0 Å². The van der Waals surface area contributed by atoms with E-state index in [9.17, 15) is 4.79 Å². The molecule has 0 unspecified atom stereocenters. The second-order valence-corrected chi connectivity index (χ2v) is 4.47. The molecular weight excluding hydrogens is 252 g/mol. The second-order valence-electron chi connectivity index (χ2n) is 4.06. The Labute approximate surface area is 111 Å². The van der Waals surface area contributed by atoms with Gasteiger partial charge in [-0.2, -0.15) is 0 Å². The minimum absolute atomic E-state index is 0.218. The lowest BCUT2D eigenvalue weighted by Gasteiger charge is -2.15. The predicted octanol–water partition coefficient (Wildman–Crippen LogP) is 1.65. The molecule has 1 aromatic rings. The van der Waals surface area contributed by atoms with E-state index in [-0.39, 0.29) is 16.6 Å². The highest BCUT2D eigenvalue weighted by Gasteiger charge is 2.19. The first-order valence-corrected chi connectivity index (χ1v) is 6.26. The molecule has 0 radical (unpaired) electrons. The third kappa shape index (κ3) is 2.79. The van der Waals surface area contributed by atoms with Gasteiger partial charge in [-0.25, -0.2) is 9.97 Å². The van der Waals surface area contributed by atoms with Crippen molar-refractivity contribution in [1.82, 2.24) is 15.3 Å². The summed E-state index contributed by atoms with van der Waals surface area (Å²) in [5.41, 5.74) is 0.218. The zero-order valence-electron chi connectivity index (χ0n) is 10.0. The number of anilines is 1. The van der Waals surface area contributed by atoms with E-state index in [1.54, 1.807) is 6.08 Å². The topological polar surface area (TPSA) is 58.1 Å². The number of amides is 1. The SMILES string of the molecule is C=CCNC(=O)c1nc(N2CCCC2)ncc1Cl. The number of nitrogens with one attached hydrogen (secondary N) is 1. The van der Waals surface area contributed by atoms with Crippen LogP contribution in [0.2, 0.25) is 5.02 Å². The number of carbonyl (C=O) groups is 1. The molecule has 0 saturated carbocycles. The van der Waals surface area contributed by atoms with Crippen LogP contribution in [0.3, 0.4) is 0 Å². The number of rotatable bonds is 4. The fourth-order valence-corrected chi connectivity index (χ4v) is 2.01. The molecule has 0 aliphatic carbocycles. The Bertz CT molecular complexity index is 457. The fourth-order valence-electron chi connectivity index (χ4n) is 1.84. The first kappa shape index (κ1) is 12.8. The molecule has 2 rings (SSSR count). The van der Waals surface area contributed by atoms with Crippen molar-refractivity contribution in [1.29, 1.82) is 0 Å². The van der Waals surface area contributed by atoms with Gasteiger partial charge in [0.1, 0.15) is 0 Å². The monoisotopic (exact) mass is 266 g/mol. The van der Waals surface area contributed by atoms with Crippen molar-refractivity contribution >= 4 is 23.5 Å². The molecule has 2 heterocycles. The van der Waals surface area contributed by atoms with Crippen LogP contribution in [0.1, 0.15) is 23.3 Å². The van der Waals surface area contributed by atoms with Crippen LogP contribution < -0.4 is 10.2 Å². The second kappa shape index (κ2) is 5.82. The number of carbonyl (C=O) groups excluding carboxylic acids is 1. The summed E-state index contributed by atoms with van der Waals surface area (Å²) < 4.78 is 0. The summed E-state index contributed by atoms with van der Waals surface area (Å²) in [5.74, 6) is 0.267. The van der Waals surface area contributed by atoms with Gasteiger partial charge in [0, 0.05) is 19.6 Å². The third-order valence-corrected chi connectivity index (χ3v) is 3.02. The van der Waals surface area contributed by atoms with Gasteiger partial charge in [0.25, 0.3) is 5.91 Å². The molecule has 1 aliphatic heterocycles. The van der Waals surface area contributed by atoms with E-state index in [4.69, 9.17) is 11.6 Å². The lowest BCUT2D eigenvalue weighted by molar-refractivity contribution is 0.0953. The Morgan fingerprint density at radius 2 is 2.28 bits per heavy atom. The fraction of sp³-hybridized carbons (Fsp3) is 0.417. The van der Waals surface area contributed by atoms with Gasteiger partial charge in [-0.1, -0.05) is 17.7 Å². The number of halogens is 1. The summed E-state index contributed by atoms with van der Waals surface area (Å²) in [7, 11) is 0. The Hall–Kier alpha value is -1.62. The Balaban J connectivity index is 2.20. The minimum atomic E-state index is -0.303. The summed E-state index contributed by atoms with van der Waals surface area (Å²) in [5, 5.41) is 2.92. The van der Waals surface area contributed by atoms with E-state index < -0.39 is 0 Å². The molecule has 5 nitrogen and oxygen atoms in total. The Kier molecular flexibility index (Phi) is 4.15. The van der Waals surface area contributed by atoms with Gasteiger partial charge in [0.2, 0.25) is 5.95 Å². The average molecular weight is 267 g/mol. The lowest BCUT2D eigenvalue weighted by Crippen LogP contribution is -2.27. The summed E-state index contributed by atoms with van der Waals surface area (Å²) in [6.07, 6.45) is 5.34. The molecule has 18 heavy (non-hydrogen) atoms. The molecule has 1 fully saturated rings.